The smallest absolute Gasteiger partial charge is 0.169 e. The average Bonchev–Trinajstić information content (AvgIpc) is 2.22. The summed E-state index contributed by atoms with van der Waals surface area (Å²) >= 11 is 5.32. The highest BCUT2D eigenvalue weighted by atomic mass is 32.1. The fraction of sp³-hybridized carbons (Fsp3) is 0.900. The largest absolute Gasteiger partial charge is 0.383 e. The molecule has 4 nitrogen and oxygen atoms in total. The number of nitrogens with one attached hydrogen (secondary N) is 1. The van der Waals surface area contributed by atoms with Crippen LogP contribution in [0, 0.1) is 0 Å². The molecular weight excluding hydrogens is 210 g/mol. The van der Waals surface area contributed by atoms with Crippen molar-refractivity contribution in [1.29, 1.82) is 0 Å². The van der Waals surface area contributed by atoms with Crippen molar-refractivity contribution in [3.05, 3.63) is 0 Å². The molecule has 0 amide bonds. The first-order chi connectivity index (χ1) is 7.15. The van der Waals surface area contributed by atoms with Gasteiger partial charge in [-0.25, -0.2) is 0 Å². The fourth-order valence-electron chi connectivity index (χ4n) is 1.60. The molecule has 0 aliphatic carbocycles. The maximum atomic E-state index is 5.32. The summed E-state index contributed by atoms with van der Waals surface area (Å²) in [5.74, 6) is 0. The van der Waals surface area contributed by atoms with Crippen LogP contribution in [0.5, 0.6) is 0 Å². The third-order valence-corrected chi connectivity index (χ3v) is 3.23. The number of thiocarbonyl (C=S) groups is 1. The molecule has 1 unspecified atom stereocenters. The van der Waals surface area contributed by atoms with Gasteiger partial charge in [-0.15, -0.1) is 0 Å². The van der Waals surface area contributed by atoms with Gasteiger partial charge in [0.05, 0.1) is 6.61 Å². The van der Waals surface area contributed by atoms with Crippen LogP contribution in [0.4, 0.5) is 0 Å². The minimum atomic E-state index is 0.570. The van der Waals surface area contributed by atoms with E-state index < -0.39 is 0 Å². The quantitative estimate of drug-likeness (QED) is 0.551. The Morgan fingerprint density at radius 1 is 1.53 bits per heavy atom. The summed E-state index contributed by atoms with van der Waals surface area (Å²) in [4.78, 5) is 4.59. The van der Waals surface area contributed by atoms with Gasteiger partial charge < -0.3 is 19.9 Å². The van der Waals surface area contributed by atoms with Gasteiger partial charge in [0.15, 0.2) is 5.11 Å². The Morgan fingerprint density at radius 2 is 2.27 bits per heavy atom. The van der Waals surface area contributed by atoms with E-state index in [1.54, 1.807) is 7.11 Å². The molecule has 88 valence electrons. The fourth-order valence-corrected chi connectivity index (χ4v) is 1.87. The zero-order valence-corrected chi connectivity index (χ0v) is 10.6. The Morgan fingerprint density at radius 3 is 2.87 bits per heavy atom. The number of nitrogens with zero attached hydrogens (tertiary/aromatic N) is 2. The van der Waals surface area contributed by atoms with Crippen molar-refractivity contribution in [2.45, 2.75) is 13.0 Å². The van der Waals surface area contributed by atoms with E-state index in [0.29, 0.717) is 12.6 Å². The van der Waals surface area contributed by atoms with Gasteiger partial charge in [0.1, 0.15) is 0 Å². The van der Waals surface area contributed by atoms with Gasteiger partial charge >= 0.3 is 0 Å². The number of rotatable bonds is 3. The Bertz CT molecular complexity index is 213. The predicted molar refractivity (Wildman–Crippen MR) is 66.1 cm³/mol. The molecule has 1 saturated heterocycles. The van der Waals surface area contributed by atoms with Gasteiger partial charge in [0.25, 0.3) is 0 Å². The normalized spacial score (nSPS) is 22.9. The van der Waals surface area contributed by atoms with Crippen LogP contribution in [0.15, 0.2) is 0 Å². The Hall–Kier alpha value is -0.390. The van der Waals surface area contributed by atoms with Crippen molar-refractivity contribution in [3.63, 3.8) is 0 Å². The van der Waals surface area contributed by atoms with Gasteiger partial charge in [-0.2, -0.15) is 0 Å². The number of ether oxygens (including phenoxy) is 1. The zero-order chi connectivity index (χ0) is 11.3. The third-order valence-electron chi connectivity index (χ3n) is 2.83. The zero-order valence-electron chi connectivity index (χ0n) is 9.82. The van der Waals surface area contributed by atoms with Crippen LogP contribution in [0.2, 0.25) is 0 Å². The summed E-state index contributed by atoms with van der Waals surface area (Å²) in [5.41, 5.74) is 0. The molecule has 1 N–H and O–H groups in total. The lowest BCUT2D eigenvalue weighted by molar-refractivity contribution is 0.151. The first-order valence-corrected chi connectivity index (χ1v) is 5.78. The lowest BCUT2D eigenvalue weighted by Gasteiger charge is -2.39. The molecule has 0 spiro atoms. The molecule has 0 radical (unpaired) electrons. The van der Waals surface area contributed by atoms with Crippen molar-refractivity contribution in [2.75, 3.05) is 46.9 Å². The van der Waals surface area contributed by atoms with Crippen molar-refractivity contribution in [3.8, 4) is 0 Å². The van der Waals surface area contributed by atoms with E-state index in [2.05, 4.69) is 29.1 Å². The van der Waals surface area contributed by atoms with Gasteiger partial charge in [-0.3, -0.25) is 0 Å². The van der Waals surface area contributed by atoms with E-state index >= 15 is 0 Å². The minimum absolute atomic E-state index is 0.570. The summed E-state index contributed by atoms with van der Waals surface area (Å²) in [5, 5.41) is 4.06. The van der Waals surface area contributed by atoms with Gasteiger partial charge in [0.2, 0.25) is 0 Å². The summed E-state index contributed by atoms with van der Waals surface area (Å²) in [6, 6.07) is 0.570. The monoisotopic (exact) mass is 231 g/mol. The topological polar surface area (TPSA) is 27.7 Å². The van der Waals surface area contributed by atoms with Crippen molar-refractivity contribution in [1.82, 2.24) is 15.1 Å². The van der Waals surface area contributed by atoms with Crippen LogP contribution in [-0.4, -0.2) is 67.9 Å². The van der Waals surface area contributed by atoms with E-state index in [1.165, 1.54) is 0 Å². The SMILES string of the molecule is COCCNC(=S)N1CCN(C)C(C)C1. The Balaban J connectivity index is 2.28. The molecule has 1 aliphatic rings. The molecule has 0 saturated carbocycles. The van der Waals surface area contributed by atoms with Crippen LogP contribution < -0.4 is 5.32 Å². The van der Waals surface area contributed by atoms with Crippen LogP contribution >= 0.6 is 12.2 Å². The number of piperazine rings is 1. The molecule has 1 heterocycles. The number of hydrogen-bond acceptors (Lipinski definition) is 3. The minimum Gasteiger partial charge on any atom is -0.383 e. The molecule has 1 aliphatic heterocycles. The van der Waals surface area contributed by atoms with Gasteiger partial charge in [-0.1, -0.05) is 0 Å². The molecular formula is C10H21N3OS. The van der Waals surface area contributed by atoms with Crippen LogP contribution in [0.25, 0.3) is 0 Å². The van der Waals surface area contributed by atoms with Crippen molar-refractivity contribution in [2.24, 2.45) is 0 Å². The number of methoxy groups -OCH3 is 1. The second-order valence-corrected chi connectivity index (χ2v) is 4.39. The van der Waals surface area contributed by atoms with Crippen LogP contribution in [0.1, 0.15) is 6.92 Å². The van der Waals surface area contributed by atoms with Crippen LogP contribution in [0.3, 0.4) is 0 Å². The molecule has 0 aromatic carbocycles. The number of hydrogen-bond donors (Lipinski definition) is 1. The van der Waals surface area contributed by atoms with E-state index in [1.807, 2.05) is 0 Å². The molecule has 0 aromatic heterocycles. The van der Waals surface area contributed by atoms with E-state index in [-0.39, 0.29) is 0 Å². The Kier molecular flexibility index (Phi) is 5.28. The first kappa shape index (κ1) is 12.7. The summed E-state index contributed by atoms with van der Waals surface area (Å²) in [6.45, 7) is 6.81. The summed E-state index contributed by atoms with van der Waals surface area (Å²) in [7, 11) is 3.85. The summed E-state index contributed by atoms with van der Waals surface area (Å²) < 4.78 is 4.97. The second kappa shape index (κ2) is 6.25. The first-order valence-electron chi connectivity index (χ1n) is 5.37. The lowest BCUT2D eigenvalue weighted by atomic mass is 10.2. The molecule has 1 atom stereocenters. The highest BCUT2D eigenvalue weighted by Crippen LogP contribution is 2.06. The highest BCUT2D eigenvalue weighted by molar-refractivity contribution is 7.80. The van der Waals surface area contributed by atoms with E-state index in [9.17, 15) is 0 Å². The highest BCUT2D eigenvalue weighted by Gasteiger charge is 2.21. The predicted octanol–water partition coefficient (Wildman–Crippen LogP) is 0.143. The maximum Gasteiger partial charge on any atom is 0.169 e. The standard InChI is InChI=1S/C10H21N3OS/c1-9-8-13(6-5-12(9)2)10(15)11-4-7-14-3/h9H,4-8H2,1-3H3,(H,11,15). The second-order valence-electron chi connectivity index (χ2n) is 4.00. The molecule has 0 aromatic rings. The number of likely N-dealkylation sites (N-methyl/N-ethyl adjacent to an activating group) is 1. The van der Waals surface area contributed by atoms with Gasteiger partial charge in [0, 0.05) is 39.3 Å². The average molecular weight is 231 g/mol. The molecule has 1 fully saturated rings. The lowest BCUT2D eigenvalue weighted by Crippen LogP contribution is -2.54. The van der Waals surface area contributed by atoms with Crippen molar-refractivity contribution >= 4 is 17.3 Å². The maximum absolute atomic E-state index is 5.32. The molecule has 15 heavy (non-hydrogen) atoms. The van der Waals surface area contributed by atoms with Crippen molar-refractivity contribution < 1.29 is 4.74 Å². The Labute approximate surface area is 97.6 Å². The van der Waals surface area contributed by atoms with E-state index in [4.69, 9.17) is 17.0 Å². The molecule has 5 heteroatoms. The van der Waals surface area contributed by atoms with Crippen LogP contribution in [-0.2, 0) is 4.74 Å². The third kappa shape index (κ3) is 3.93. The molecule has 0 bridgehead atoms. The molecule has 1 rings (SSSR count). The van der Waals surface area contributed by atoms with Gasteiger partial charge in [-0.05, 0) is 26.2 Å². The van der Waals surface area contributed by atoms with E-state index in [0.717, 1.165) is 31.3 Å². The summed E-state index contributed by atoms with van der Waals surface area (Å²) in [6.07, 6.45) is 0.